The number of anilines is 1. The molecule has 152 valence electrons. The molecule has 0 fully saturated rings. The van der Waals surface area contributed by atoms with Crippen LogP contribution < -0.4 is 10.1 Å². The van der Waals surface area contributed by atoms with Crippen molar-refractivity contribution < 1.29 is 14.3 Å². The highest BCUT2D eigenvalue weighted by Gasteiger charge is 2.33. The lowest BCUT2D eigenvalue weighted by Gasteiger charge is -2.30. The number of hydrogen-bond acceptors (Lipinski definition) is 3. The molecule has 2 amide bonds. The van der Waals surface area contributed by atoms with Crippen molar-refractivity contribution in [2.45, 2.75) is 13.0 Å². The van der Waals surface area contributed by atoms with Gasteiger partial charge in [-0.25, -0.2) is 0 Å². The van der Waals surface area contributed by atoms with Crippen LogP contribution >= 0.6 is 11.6 Å². The Hall–Kier alpha value is -3.31. The summed E-state index contributed by atoms with van der Waals surface area (Å²) in [5.74, 6) is 0.0289. The first-order chi connectivity index (χ1) is 14.5. The Labute approximate surface area is 180 Å². The van der Waals surface area contributed by atoms with Crippen LogP contribution in [0.15, 0.2) is 72.8 Å². The predicted molar refractivity (Wildman–Crippen MR) is 117 cm³/mol. The van der Waals surface area contributed by atoms with Crippen LogP contribution in [0.5, 0.6) is 5.75 Å². The van der Waals surface area contributed by atoms with E-state index in [4.69, 9.17) is 16.3 Å². The van der Waals surface area contributed by atoms with Crippen molar-refractivity contribution in [1.82, 2.24) is 4.90 Å². The minimum Gasteiger partial charge on any atom is -0.484 e. The van der Waals surface area contributed by atoms with E-state index >= 15 is 0 Å². The SMILES string of the molecule is Cc1ccc2c(c1)C(c1ccccc1)N(C(=O)COc1ccc(Cl)cc1)CC(=O)N2. The van der Waals surface area contributed by atoms with Crippen molar-refractivity contribution in [1.29, 1.82) is 0 Å². The maximum atomic E-state index is 13.2. The number of halogens is 1. The number of ether oxygens (including phenoxy) is 1. The Bertz CT molecular complexity index is 1070. The van der Waals surface area contributed by atoms with Crippen LogP contribution in [-0.2, 0) is 9.59 Å². The molecule has 0 spiro atoms. The highest BCUT2D eigenvalue weighted by atomic mass is 35.5. The van der Waals surface area contributed by atoms with Gasteiger partial charge in [0.05, 0.1) is 6.04 Å². The molecule has 5 nitrogen and oxygen atoms in total. The average molecular weight is 421 g/mol. The fraction of sp³-hybridized carbons (Fsp3) is 0.167. The van der Waals surface area contributed by atoms with Crippen LogP contribution in [0.4, 0.5) is 5.69 Å². The smallest absolute Gasteiger partial charge is 0.261 e. The molecule has 4 rings (SSSR count). The van der Waals surface area contributed by atoms with E-state index in [1.165, 1.54) is 0 Å². The number of aryl methyl sites for hydroxylation is 1. The zero-order valence-electron chi connectivity index (χ0n) is 16.5. The number of carbonyl (C=O) groups excluding carboxylic acids is 2. The van der Waals surface area contributed by atoms with Crippen molar-refractivity contribution >= 4 is 29.1 Å². The Morgan fingerprint density at radius 2 is 1.83 bits per heavy atom. The van der Waals surface area contributed by atoms with E-state index in [0.717, 1.165) is 16.7 Å². The molecule has 30 heavy (non-hydrogen) atoms. The largest absolute Gasteiger partial charge is 0.484 e. The first-order valence-corrected chi connectivity index (χ1v) is 10.0. The van der Waals surface area contributed by atoms with Gasteiger partial charge in [-0.15, -0.1) is 0 Å². The molecule has 3 aromatic carbocycles. The Morgan fingerprint density at radius 1 is 1.10 bits per heavy atom. The van der Waals surface area contributed by atoms with E-state index in [0.29, 0.717) is 16.5 Å². The second kappa shape index (κ2) is 8.59. The zero-order valence-corrected chi connectivity index (χ0v) is 17.2. The summed E-state index contributed by atoms with van der Waals surface area (Å²) in [5.41, 5.74) is 3.58. The quantitative estimate of drug-likeness (QED) is 0.671. The van der Waals surface area contributed by atoms with Crippen LogP contribution in [0, 0.1) is 6.92 Å². The molecular weight excluding hydrogens is 400 g/mol. The first kappa shape index (κ1) is 20.0. The van der Waals surface area contributed by atoms with Crippen LogP contribution in [0.3, 0.4) is 0 Å². The van der Waals surface area contributed by atoms with Crippen LogP contribution in [0.1, 0.15) is 22.7 Å². The van der Waals surface area contributed by atoms with Gasteiger partial charge in [-0.05, 0) is 42.8 Å². The molecule has 1 aliphatic heterocycles. The summed E-state index contributed by atoms with van der Waals surface area (Å²) in [5, 5.41) is 3.52. The Morgan fingerprint density at radius 3 is 2.57 bits per heavy atom. The number of rotatable bonds is 4. The van der Waals surface area contributed by atoms with Gasteiger partial charge in [-0.1, -0.05) is 59.6 Å². The van der Waals surface area contributed by atoms with Crippen molar-refractivity contribution in [3.05, 3.63) is 94.5 Å². The number of benzene rings is 3. The van der Waals surface area contributed by atoms with Gasteiger partial charge >= 0.3 is 0 Å². The normalized spacial score (nSPS) is 15.7. The molecule has 1 N–H and O–H groups in total. The lowest BCUT2D eigenvalue weighted by atomic mass is 9.94. The maximum absolute atomic E-state index is 13.2. The molecule has 0 radical (unpaired) electrons. The fourth-order valence-electron chi connectivity index (χ4n) is 3.61. The second-order valence-corrected chi connectivity index (χ2v) is 7.65. The Kier molecular flexibility index (Phi) is 5.72. The standard InChI is InChI=1S/C24H21ClN2O3/c1-16-7-12-21-20(13-16)24(17-5-3-2-4-6-17)27(14-22(28)26-21)23(29)15-30-19-10-8-18(25)9-11-19/h2-13,24H,14-15H2,1H3,(H,26,28). The number of nitrogens with one attached hydrogen (secondary N) is 1. The van der Waals surface area contributed by atoms with Gasteiger partial charge < -0.3 is 15.0 Å². The summed E-state index contributed by atoms with van der Waals surface area (Å²) < 4.78 is 5.67. The summed E-state index contributed by atoms with van der Waals surface area (Å²) in [4.78, 5) is 27.4. The fourth-order valence-corrected chi connectivity index (χ4v) is 3.74. The van der Waals surface area contributed by atoms with Gasteiger partial charge in [0.25, 0.3) is 5.91 Å². The highest BCUT2D eigenvalue weighted by molar-refractivity contribution is 6.30. The molecule has 6 heteroatoms. The first-order valence-electron chi connectivity index (χ1n) is 9.64. The van der Waals surface area contributed by atoms with Gasteiger partial charge in [0.1, 0.15) is 12.3 Å². The average Bonchev–Trinajstić information content (AvgIpc) is 2.89. The van der Waals surface area contributed by atoms with Crippen molar-refractivity contribution in [2.75, 3.05) is 18.5 Å². The van der Waals surface area contributed by atoms with Crippen LogP contribution in [0.25, 0.3) is 0 Å². The number of carbonyl (C=O) groups is 2. The van der Waals surface area contributed by atoms with Crippen LogP contribution in [-0.4, -0.2) is 29.9 Å². The molecule has 1 heterocycles. The molecule has 0 aliphatic carbocycles. The van der Waals surface area contributed by atoms with E-state index in [2.05, 4.69) is 5.32 Å². The van der Waals surface area contributed by atoms with Crippen molar-refractivity contribution in [3.8, 4) is 5.75 Å². The lowest BCUT2D eigenvalue weighted by Crippen LogP contribution is -2.41. The topological polar surface area (TPSA) is 58.6 Å². The van der Waals surface area contributed by atoms with Gasteiger partial charge in [-0.2, -0.15) is 0 Å². The van der Waals surface area contributed by atoms with Gasteiger partial charge in [0.2, 0.25) is 5.91 Å². The van der Waals surface area contributed by atoms with Crippen molar-refractivity contribution in [3.63, 3.8) is 0 Å². The number of fused-ring (bicyclic) bond motifs is 1. The van der Waals surface area contributed by atoms with Gasteiger partial charge in [-0.3, -0.25) is 9.59 Å². The lowest BCUT2D eigenvalue weighted by molar-refractivity contribution is -0.138. The number of amides is 2. The summed E-state index contributed by atoms with van der Waals surface area (Å²) in [6.45, 7) is 1.75. The van der Waals surface area contributed by atoms with Crippen LogP contribution in [0.2, 0.25) is 5.02 Å². The summed E-state index contributed by atoms with van der Waals surface area (Å²) in [6.07, 6.45) is 0. The van der Waals surface area contributed by atoms with Gasteiger partial charge in [0.15, 0.2) is 6.61 Å². The third-order valence-corrected chi connectivity index (χ3v) is 5.26. The van der Waals surface area contributed by atoms with E-state index in [1.54, 1.807) is 29.2 Å². The van der Waals surface area contributed by atoms with E-state index in [1.807, 2.05) is 55.5 Å². The van der Waals surface area contributed by atoms with E-state index < -0.39 is 6.04 Å². The zero-order chi connectivity index (χ0) is 21.1. The van der Waals surface area contributed by atoms with E-state index in [-0.39, 0.29) is 25.0 Å². The van der Waals surface area contributed by atoms with Gasteiger partial charge in [0, 0.05) is 16.3 Å². The minimum absolute atomic E-state index is 0.0594. The number of hydrogen-bond donors (Lipinski definition) is 1. The number of nitrogens with zero attached hydrogens (tertiary/aromatic N) is 1. The molecule has 0 saturated carbocycles. The molecule has 1 atom stereocenters. The molecule has 0 saturated heterocycles. The van der Waals surface area contributed by atoms with E-state index in [9.17, 15) is 9.59 Å². The molecule has 3 aromatic rings. The Balaban J connectivity index is 1.69. The molecular formula is C24H21ClN2O3. The summed E-state index contributed by atoms with van der Waals surface area (Å²) >= 11 is 5.90. The molecule has 0 aromatic heterocycles. The second-order valence-electron chi connectivity index (χ2n) is 7.22. The third kappa shape index (κ3) is 4.31. The summed E-state index contributed by atoms with van der Waals surface area (Å²) in [6, 6.07) is 22.0. The third-order valence-electron chi connectivity index (χ3n) is 5.01. The minimum atomic E-state index is -0.402. The molecule has 0 bridgehead atoms. The molecule has 1 aliphatic rings. The summed E-state index contributed by atoms with van der Waals surface area (Å²) in [7, 11) is 0. The molecule has 1 unspecified atom stereocenters. The predicted octanol–water partition coefficient (Wildman–Crippen LogP) is 4.60. The monoisotopic (exact) mass is 420 g/mol. The maximum Gasteiger partial charge on any atom is 0.261 e. The van der Waals surface area contributed by atoms with Crippen molar-refractivity contribution in [2.24, 2.45) is 0 Å². The highest BCUT2D eigenvalue weighted by Crippen LogP contribution is 2.36.